The molecule has 3 N–H and O–H groups in total. The number of nitrogens with one attached hydrogen (secondary N) is 1. The van der Waals surface area contributed by atoms with Gasteiger partial charge in [-0.15, -0.1) is 0 Å². The van der Waals surface area contributed by atoms with Crippen LogP contribution in [0.4, 0.5) is 0 Å². The third kappa shape index (κ3) is 3.43. The lowest BCUT2D eigenvalue weighted by Gasteiger charge is -2.17. The molecule has 0 spiro atoms. The molecule has 4 nitrogen and oxygen atoms in total. The minimum atomic E-state index is 0.0855. The maximum Gasteiger partial charge on any atom is 0.0705 e. The average Bonchev–Trinajstić information content (AvgIpc) is 2.71. The molecule has 0 amide bonds. The molecule has 0 fully saturated rings. The van der Waals surface area contributed by atoms with Gasteiger partial charge in [-0.25, -0.2) is 0 Å². The van der Waals surface area contributed by atoms with E-state index >= 15 is 0 Å². The van der Waals surface area contributed by atoms with E-state index in [0.717, 1.165) is 23.0 Å². The summed E-state index contributed by atoms with van der Waals surface area (Å²) < 4.78 is 2.84. The van der Waals surface area contributed by atoms with Gasteiger partial charge in [0.25, 0.3) is 0 Å². The van der Waals surface area contributed by atoms with Crippen molar-refractivity contribution in [1.29, 1.82) is 0 Å². The smallest absolute Gasteiger partial charge is 0.0705 e. The van der Waals surface area contributed by atoms with Crippen molar-refractivity contribution >= 4 is 15.9 Å². The van der Waals surface area contributed by atoms with Gasteiger partial charge in [-0.1, -0.05) is 29.8 Å². The van der Waals surface area contributed by atoms with Crippen molar-refractivity contribution < 1.29 is 0 Å². The van der Waals surface area contributed by atoms with Crippen LogP contribution >= 0.6 is 15.9 Å². The molecule has 0 saturated heterocycles. The van der Waals surface area contributed by atoms with Crippen LogP contribution in [-0.2, 0) is 13.5 Å². The lowest BCUT2D eigenvalue weighted by atomic mass is 10.0. The molecule has 5 heteroatoms. The molecule has 0 aliphatic heterocycles. The van der Waals surface area contributed by atoms with Crippen molar-refractivity contribution in [2.45, 2.75) is 25.8 Å². The first-order valence-electron chi connectivity index (χ1n) is 6.31. The minimum Gasteiger partial charge on any atom is -0.271 e. The quantitative estimate of drug-likeness (QED) is 0.657. The molecule has 19 heavy (non-hydrogen) atoms. The van der Waals surface area contributed by atoms with Crippen LogP contribution < -0.4 is 11.3 Å². The van der Waals surface area contributed by atoms with Crippen molar-refractivity contribution in [2.24, 2.45) is 12.9 Å². The van der Waals surface area contributed by atoms with Crippen molar-refractivity contribution in [1.82, 2.24) is 15.2 Å². The fourth-order valence-corrected chi connectivity index (χ4v) is 2.91. The van der Waals surface area contributed by atoms with E-state index in [1.807, 2.05) is 11.7 Å². The molecule has 0 radical (unpaired) electrons. The van der Waals surface area contributed by atoms with E-state index in [1.165, 1.54) is 11.1 Å². The van der Waals surface area contributed by atoms with E-state index in [-0.39, 0.29) is 6.04 Å². The van der Waals surface area contributed by atoms with E-state index in [1.54, 1.807) is 6.20 Å². The lowest BCUT2D eigenvalue weighted by Crippen LogP contribution is -2.30. The summed E-state index contributed by atoms with van der Waals surface area (Å²) in [4.78, 5) is 0. The van der Waals surface area contributed by atoms with Gasteiger partial charge in [0.1, 0.15) is 0 Å². The molecule has 1 aromatic carbocycles. The summed E-state index contributed by atoms with van der Waals surface area (Å²) >= 11 is 3.52. The Kier molecular flexibility index (Phi) is 4.74. The lowest BCUT2D eigenvalue weighted by molar-refractivity contribution is 0.479. The molecular formula is C14H19BrN4. The molecule has 1 heterocycles. The molecular weight excluding hydrogens is 304 g/mol. The minimum absolute atomic E-state index is 0.0855. The highest BCUT2D eigenvalue weighted by Crippen LogP contribution is 2.25. The van der Waals surface area contributed by atoms with Gasteiger partial charge in [0.05, 0.1) is 22.4 Å². The van der Waals surface area contributed by atoms with Gasteiger partial charge in [-0.3, -0.25) is 16.0 Å². The van der Waals surface area contributed by atoms with E-state index < -0.39 is 0 Å². The topological polar surface area (TPSA) is 55.9 Å². The van der Waals surface area contributed by atoms with Gasteiger partial charge in [0.15, 0.2) is 0 Å². The highest BCUT2D eigenvalue weighted by Gasteiger charge is 2.17. The van der Waals surface area contributed by atoms with Gasteiger partial charge >= 0.3 is 0 Å². The first-order valence-corrected chi connectivity index (χ1v) is 7.10. The zero-order valence-electron chi connectivity index (χ0n) is 11.2. The SMILES string of the molecule is Cc1cccc(CCC(NN)c2c(Br)cnn2C)c1. The monoisotopic (exact) mass is 322 g/mol. The summed E-state index contributed by atoms with van der Waals surface area (Å²) in [6.07, 6.45) is 3.71. The molecule has 1 atom stereocenters. The van der Waals surface area contributed by atoms with Crippen LogP contribution in [0.3, 0.4) is 0 Å². The highest BCUT2D eigenvalue weighted by atomic mass is 79.9. The highest BCUT2D eigenvalue weighted by molar-refractivity contribution is 9.10. The molecule has 0 bridgehead atoms. The van der Waals surface area contributed by atoms with Gasteiger partial charge in [0, 0.05) is 7.05 Å². The van der Waals surface area contributed by atoms with Crippen LogP contribution in [0.1, 0.15) is 29.3 Å². The van der Waals surface area contributed by atoms with Crippen LogP contribution in [0.25, 0.3) is 0 Å². The van der Waals surface area contributed by atoms with Crippen LogP contribution in [0.2, 0.25) is 0 Å². The second-order valence-electron chi connectivity index (χ2n) is 4.75. The zero-order chi connectivity index (χ0) is 13.8. The van der Waals surface area contributed by atoms with Gasteiger partial charge < -0.3 is 0 Å². The zero-order valence-corrected chi connectivity index (χ0v) is 12.8. The van der Waals surface area contributed by atoms with Crippen LogP contribution in [0, 0.1) is 6.92 Å². The summed E-state index contributed by atoms with van der Waals surface area (Å²) in [5, 5.41) is 4.23. The van der Waals surface area contributed by atoms with Crippen molar-refractivity contribution in [3.63, 3.8) is 0 Å². The first kappa shape index (κ1) is 14.2. The Morgan fingerprint density at radius 2 is 2.26 bits per heavy atom. The van der Waals surface area contributed by atoms with Crippen LogP contribution in [0.15, 0.2) is 34.9 Å². The van der Waals surface area contributed by atoms with E-state index in [9.17, 15) is 0 Å². The molecule has 0 saturated carbocycles. The molecule has 2 rings (SSSR count). The number of rotatable bonds is 5. The Hall–Kier alpha value is -1.17. The largest absolute Gasteiger partial charge is 0.271 e. The van der Waals surface area contributed by atoms with E-state index in [0.29, 0.717) is 0 Å². The number of nitrogens with zero attached hydrogens (tertiary/aromatic N) is 2. The maximum atomic E-state index is 5.68. The van der Waals surface area contributed by atoms with Crippen molar-refractivity contribution in [3.05, 3.63) is 51.8 Å². The standard InChI is InChI=1S/C14H19BrN4/c1-10-4-3-5-11(8-10)6-7-13(18-16)14-12(15)9-17-19(14)2/h3-5,8-9,13,18H,6-7,16H2,1-2H3. The number of aryl methyl sites for hydroxylation is 3. The molecule has 0 aliphatic rings. The number of halogens is 1. The fraction of sp³-hybridized carbons (Fsp3) is 0.357. The number of nitrogens with two attached hydrogens (primary N) is 1. The Morgan fingerprint density at radius 1 is 1.47 bits per heavy atom. The normalized spacial score (nSPS) is 12.6. The second-order valence-corrected chi connectivity index (χ2v) is 5.60. The summed E-state index contributed by atoms with van der Waals surface area (Å²) in [6.45, 7) is 2.11. The average molecular weight is 323 g/mol. The number of hydrogen-bond donors (Lipinski definition) is 2. The number of benzene rings is 1. The second kappa shape index (κ2) is 6.32. The van der Waals surface area contributed by atoms with E-state index in [4.69, 9.17) is 5.84 Å². The number of aromatic nitrogens is 2. The number of hydrazine groups is 1. The summed E-state index contributed by atoms with van der Waals surface area (Å²) in [5.41, 5.74) is 6.58. The fourth-order valence-electron chi connectivity index (χ4n) is 2.29. The Morgan fingerprint density at radius 3 is 2.84 bits per heavy atom. The number of hydrogen-bond acceptors (Lipinski definition) is 3. The Bertz CT molecular complexity index is 531. The summed E-state index contributed by atoms with van der Waals surface area (Å²) in [7, 11) is 1.93. The summed E-state index contributed by atoms with van der Waals surface area (Å²) in [6, 6.07) is 8.66. The molecule has 1 unspecified atom stereocenters. The first-order chi connectivity index (χ1) is 9.11. The summed E-state index contributed by atoms with van der Waals surface area (Å²) in [5.74, 6) is 5.68. The van der Waals surface area contributed by atoms with Gasteiger partial charge in [0.2, 0.25) is 0 Å². The third-order valence-electron chi connectivity index (χ3n) is 3.27. The van der Waals surface area contributed by atoms with Crippen molar-refractivity contribution in [2.75, 3.05) is 0 Å². The van der Waals surface area contributed by atoms with Crippen LogP contribution in [0.5, 0.6) is 0 Å². The third-order valence-corrected chi connectivity index (χ3v) is 3.88. The molecule has 0 aliphatic carbocycles. The van der Waals surface area contributed by atoms with Gasteiger partial charge in [-0.2, -0.15) is 5.10 Å². The predicted octanol–water partition coefficient (Wildman–Crippen LogP) is 2.63. The van der Waals surface area contributed by atoms with Gasteiger partial charge in [-0.05, 0) is 41.3 Å². The Labute approximate surface area is 122 Å². The Balaban J connectivity index is 2.08. The molecule has 102 valence electrons. The van der Waals surface area contributed by atoms with E-state index in [2.05, 4.69) is 57.6 Å². The van der Waals surface area contributed by atoms with Crippen molar-refractivity contribution in [3.8, 4) is 0 Å². The maximum absolute atomic E-state index is 5.68. The van der Waals surface area contributed by atoms with Crippen LogP contribution in [-0.4, -0.2) is 9.78 Å². The molecule has 2 aromatic rings. The predicted molar refractivity (Wildman–Crippen MR) is 80.5 cm³/mol. The molecule has 1 aromatic heterocycles.